The van der Waals surface area contributed by atoms with Gasteiger partial charge in [0.15, 0.2) is 0 Å². The maximum Gasteiger partial charge on any atom is 0.254 e. The fourth-order valence-corrected chi connectivity index (χ4v) is 5.32. The standard InChI is InChI=1S/C25H29Cl2N3O2/c26-21-12-20(13-22(27)14-21)25(32)30-11-5-9-23(30)24(31)28-15-19-8-4-10-29(17-19)16-18-6-2-1-3-7-18/h1-3,6-7,12-14,19,23H,4-5,8-11,15-17H2,(H,28,31). The quantitative estimate of drug-likeness (QED) is 0.665. The molecule has 5 nitrogen and oxygen atoms in total. The van der Waals surface area contributed by atoms with E-state index in [0.29, 0.717) is 41.0 Å². The monoisotopic (exact) mass is 473 g/mol. The summed E-state index contributed by atoms with van der Waals surface area (Å²) in [5.74, 6) is 0.164. The largest absolute Gasteiger partial charge is 0.354 e. The van der Waals surface area contributed by atoms with E-state index in [1.54, 1.807) is 23.1 Å². The molecule has 7 heteroatoms. The van der Waals surface area contributed by atoms with Crippen LogP contribution in [0.3, 0.4) is 0 Å². The van der Waals surface area contributed by atoms with Crippen LogP contribution in [-0.4, -0.2) is 53.8 Å². The van der Waals surface area contributed by atoms with Crippen LogP contribution in [0.2, 0.25) is 10.0 Å². The highest BCUT2D eigenvalue weighted by atomic mass is 35.5. The number of nitrogens with one attached hydrogen (secondary N) is 1. The predicted octanol–water partition coefficient (Wildman–Crippen LogP) is 4.63. The van der Waals surface area contributed by atoms with E-state index < -0.39 is 6.04 Å². The van der Waals surface area contributed by atoms with E-state index in [-0.39, 0.29) is 11.8 Å². The Balaban J connectivity index is 1.31. The molecule has 2 aromatic rings. The highest BCUT2D eigenvalue weighted by molar-refractivity contribution is 6.35. The van der Waals surface area contributed by atoms with Crippen molar-refractivity contribution in [2.45, 2.75) is 38.3 Å². The molecule has 2 fully saturated rings. The third kappa shape index (κ3) is 5.83. The summed E-state index contributed by atoms with van der Waals surface area (Å²) in [7, 11) is 0. The molecule has 2 aromatic carbocycles. The minimum atomic E-state index is -0.440. The van der Waals surface area contributed by atoms with Gasteiger partial charge in [0.25, 0.3) is 5.91 Å². The minimum absolute atomic E-state index is 0.0656. The lowest BCUT2D eigenvalue weighted by molar-refractivity contribution is -0.125. The number of carbonyl (C=O) groups is 2. The summed E-state index contributed by atoms with van der Waals surface area (Å²) in [6.45, 7) is 4.22. The van der Waals surface area contributed by atoms with Crippen LogP contribution in [-0.2, 0) is 11.3 Å². The van der Waals surface area contributed by atoms with E-state index >= 15 is 0 Å². The lowest BCUT2D eigenvalue weighted by Gasteiger charge is -2.33. The van der Waals surface area contributed by atoms with Crippen LogP contribution in [0.5, 0.6) is 0 Å². The van der Waals surface area contributed by atoms with Crippen molar-refractivity contribution in [3.05, 3.63) is 69.7 Å². The zero-order chi connectivity index (χ0) is 22.5. The van der Waals surface area contributed by atoms with E-state index in [1.165, 1.54) is 5.56 Å². The number of hydrogen-bond acceptors (Lipinski definition) is 3. The zero-order valence-corrected chi connectivity index (χ0v) is 19.6. The Morgan fingerprint density at radius 3 is 2.44 bits per heavy atom. The zero-order valence-electron chi connectivity index (χ0n) is 18.1. The van der Waals surface area contributed by atoms with E-state index in [2.05, 4.69) is 34.5 Å². The second kappa shape index (κ2) is 10.7. The fourth-order valence-electron chi connectivity index (χ4n) is 4.79. The van der Waals surface area contributed by atoms with E-state index in [4.69, 9.17) is 23.2 Å². The molecule has 0 aliphatic carbocycles. The molecular formula is C25H29Cl2N3O2. The second-order valence-electron chi connectivity index (χ2n) is 8.79. The average Bonchev–Trinajstić information content (AvgIpc) is 3.27. The van der Waals surface area contributed by atoms with Crippen LogP contribution in [0.4, 0.5) is 0 Å². The van der Waals surface area contributed by atoms with Gasteiger partial charge in [-0.05, 0) is 61.9 Å². The summed E-state index contributed by atoms with van der Waals surface area (Å²) in [5, 5.41) is 3.96. The number of likely N-dealkylation sites (tertiary alicyclic amines) is 2. The van der Waals surface area contributed by atoms with Gasteiger partial charge in [0.2, 0.25) is 5.91 Å². The predicted molar refractivity (Wildman–Crippen MR) is 128 cm³/mol. The van der Waals surface area contributed by atoms with Crippen molar-refractivity contribution in [1.82, 2.24) is 15.1 Å². The number of nitrogens with zero attached hydrogens (tertiary/aromatic N) is 2. The summed E-state index contributed by atoms with van der Waals surface area (Å²) in [5.41, 5.74) is 1.74. The Labute approximate surface area is 199 Å². The van der Waals surface area contributed by atoms with Crippen molar-refractivity contribution in [3.63, 3.8) is 0 Å². The first-order valence-electron chi connectivity index (χ1n) is 11.3. The molecule has 2 atom stereocenters. The first kappa shape index (κ1) is 23.1. The van der Waals surface area contributed by atoms with Gasteiger partial charge in [0.1, 0.15) is 6.04 Å². The molecule has 1 N–H and O–H groups in total. The van der Waals surface area contributed by atoms with Crippen LogP contribution >= 0.6 is 23.2 Å². The third-order valence-corrected chi connectivity index (χ3v) is 6.78. The van der Waals surface area contributed by atoms with Crippen molar-refractivity contribution >= 4 is 35.0 Å². The molecule has 32 heavy (non-hydrogen) atoms. The van der Waals surface area contributed by atoms with Crippen molar-refractivity contribution in [1.29, 1.82) is 0 Å². The molecule has 0 radical (unpaired) electrons. The van der Waals surface area contributed by atoms with Gasteiger partial charge >= 0.3 is 0 Å². The third-order valence-electron chi connectivity index (χ3n) is 6.34. The molecule has 2 unspecified atom stereocenters. The SMILES string of the molecule is O=C(NCC1CCCN(Cc2ccccc2)C1)C1CCCN1C(=O)c1cc(Cl)cc(Cl)c1. The van der Waals surface area contributed by atoms with Gasteiger partial charge in [-0.15, -0.1) is 0 Å². The lowest BCUT2D eigenvalue weighted by Crippen LogP contribution is -2.48. The molecule has 0 spiro atoms. The molecule has 0 saturated carbocycles. The summed E-state index contributed by atoms with van der Waals surface area (Å²) in [4.78, 5) is 30.1. The Kier molecular flexibility index (Phi) is 7.71. The van der Waals surface area contributed by atoms with Crippen molar-refractivity contribution in [2.24, 2.45) is 5.92 Å². The fraction of sp³-hybridized carbons (Fsp3) is 0.440. The van der Waals surface area contributed by atoms with E-state index in [9.17, 15) is 9.59 Å². The van der Waals surface area contributed by atoms with Crippen molar-refractivity contribution in [2.75, 3.05) is 26.2 Å². The van der Waals surface area contributed by atoms with Gasteiger partial charge in [0.05, 0.1) is 0 Å². The van der Waals surface area contributed by atoms with E-state index in [0.717, 1.165) is 38.9 Å². The number of carbonyl (C=O) groups excluding carboxylic acids is 2. The molecule has 0 bridgehead atoms. The summed E-state index contributed by atoms with van der Waals surface area (Å²) in [6.07, 6.45) is 3.74. The van der Waals surface area contributed by atoms with Gasteiger partial charge in [-0.1, -0.05) is 53.5 Å². The molecule has 2 heterocycles. The normalized spacial score (nSPS) is 21.5. The van der Waals surface area contributed by atoms with Crippen LogP contribution < -0.4 is 5.32 Å². The smallest absolute Gasteiger partial charge is 0.254 e. The highest BCUT2D eigenvalue weighted by Gasteiger charge is 2.35. The number of benzene rings is 2. The Morgan fingerprint density at radius 1 is 0.969 bits per heavy atom. The maximum atomic E-state index is 13.0. The topological polar surface area (TPSA) is 52.7 Å². The van der Waals surface area contributed by atoms with Gasteiger partial charge in [0, 0.05) is 41.8 Å². The summed E-state index contributed by atoms with van der Waals surface area (Å²) >= 11 is 12.1. The van der Waals surface area contributed by atoms with E-state index in [1.807, 2.05) is 6.07 Å². The summed E-state index contributed by atoms with van der Waals surface area (Å²) < 4.78 is 0. The Hall–Kier alpha value is -2.08. The number of rotatable bonds is 6. The van der Waals surface area contributed by atoms with Gasteiger partial charge in [-0.25, -0.2) is 0 Å². The highest BCUT2D eigenvalue weighted by Crippen LogP contribution is 2.25. The van der Waals surface area contributed by atoms with Gasteiger partial charge in [-0.2, -0.15) is 0 Å². The summed E-state index contributed by atoms with van der Waals surface area (Å²) in [6, 6.07) is 14.9. The number of piperidine rings is 1. The first-order valence-corrected chi connectivity index (χ1v) is 12.1. The number of halogens is 2. The molecule has 2 saturated heterocycles. The Bertz CT molecular complexity index is 933. The molecule has 170 valence electrons. The maximum absolute atomic E-state index is 13.0. The van der Waals surface area contributed by atoms with Crippen LogP contribution in [0.15, 0.2) is 48.5 Å². The van der Waals surface area contributed by atoms with Crippen LogP contribution in [0, 0.1) is 5.92 Å². The molecule has 2 aliphatic rings. The molecule has 4 rings (SSSR count). The van der Waals surface area contributed by atoms with Gasteiger partial charge < -0.3 is 10.2 Å². The Morgan fingerprint density at radius 2 is 1.69 bits per heavy atom. The number of hydrogen-bond donors (Lipinski definition) is 1. The number of amides is 2. The first-order chi connectivity index (χ1) is 15.5. The minimum Gasteiger partial charge on any atom is -0.354 e. The molecule has 2 amide bonds. The second-order valence-corrected chi connectivity index (χ2v) is 9.66. The molecular weight excluding hydrogens is 445 g/mol. The van der Waals surface area contributed by atoms with Gasteiger partial charge in [-0.3, -0.25) is 14.5 Å². The van der Waals surface area contributed by atoms with Crippen molar-refractivity contribution in [3.8, 4) is 0 Å². The lowest BCUT2D eigenvalue weighted by atomic mass is 9.97. The van der Waals surface area contributed by atoms with Crippen LogP contribution in [0.1, 0.15) is 41.6 Å². The van der Waals surface area contributed by atoms with Crippen LogP contribution in [0.25, 0.3) is 0 Å². The van der Waals surface area contributed by atoms with Crippen molar-refractivity contribution < 1.29 is 9.59 Å². The molecule has 2 aliphatic heterocycles. The molecule has 0 aromatic heterocycles. The average molecular weight is 474 g/mol.